The number of hydrogen-bond donors (Lipinski definition) is 3. The molecule has 0 aliphatic rings. The lowest BCUT2D eigenvalue weighted by Gasteiger charge is -2.09. The van der Waals surface area contributed by atoms with Crippen LogP contribution < -0.4 is 20.7 Å². The molecule has 6 heteroatoms. The Balaban J connectivity index is 1.51. The van der Waals surface area contributed by atoms with Gasteiger partial charge >= 0.3 is 0 Å². The Labute approximate surface area is 163 Å². The summed E-state index contributed by atoms with van der Waals surface area (Å²) >= 11 is 0. The highest BCUT2D eigenvalue weighted by molar-refractivity contribution is 6.04. The Morgan fingerprint density at radius 2 is 1.36 bits per heavy atom. The van der Waals surface area contributed by atoms with Gasteiger partial charge in [-0.25, -0.2) is 0 Å². The number of hydrogen-bond acceptors (Lipinski definition) is 4. The number of carbonyl (C=O) groups excluding carboxylic acids is 2. The number of nitrogens with one attached hydrogen (secondary N) is 3. The summed E-state index contributed by atoms with van der Waals surface area (Å²) in [6.45, 7) is 0.131. The van der Waals surface area contributed by atoms with Crippen LogP contribution in [-0.4, -0.2) is 25.5 Å². The summed E-state index contributed by atoms with van der Waals surface area (Å²) in [5, 5.41) is 8.67. The summed E-state index contributed by atoms with van der Waals surface area (Å²) < 4.78 is 5.10. The first-order valence-corrected chi connectivity index (χ1v) is 8.78. The van der Waals surface area contributed by atoms with E-state index in [0.29, 0.717) is 11.3 Å². The number of benzene rings is 3. The van der Waals surface area contributed by atoms with Crippen LogP contribution in [0.15, 0.2) is 78.9 Å². The first-order valence-electron chi connectivity index (χ1n) is 8.78. The lowest BCUT2D eigenvalue weighted by atomic mass is 10.2. The Hall–Kier alpha value is -3.80. The Kier molecular flexibility index (Phi) is 6.25. The van der Waals surface area contributed by atoms with Crippen molar-refractivity contribution in [2.24, 2.45) is 0 Å². The van der Waals surface area contributed by atoms with Crippen LogP contribution in [0.3, 0.4) is 0 Å². The normalized spacial score (nSPS) is 10.0. The summed E-state index contributed by atoms with van der Waals surface area (Å²) in [5.74, 6) is 0.371. The Morgan fingerprint density at radius 1 is 0.750 bits per heavy atom. The van der Waals surface area contributed by atoms with E-state index in [9.17, 15) is 9.59 Å². The number of amides is 2. The molecule has 0 aromatic heterocycles. The molecule has 0 spiro atoms. The fourth-order valence-corrected chi connectivity index (χ4v) is 2.53. The maximum Gasteiger partial charge on any atom is 0.255 e. The fourth-order valence-electron chi connectivity index (χ4n) is 2.53. The molecule has 0 heterocycles. The maximum atomic E-state index is 12.3. The molecule has 0 aliphatic carbocycles. The lowest BCUT2D eigenvalue weighted by molar-refractivity contribution is -0.114. The molecule has 6 nitrogen and oxygen atoms in total. The number of carbonyl (C=O) groups is 2. The topological polar surface area (TPSA) is 79.5 Å². The molecule has 3 N–H and O–H groups in total. The minimum absolute atomic E-state index is 0.131. The number of anilines is 3. The van der Waals surface area contributed by atoms with Crippen molar-refractivity contribution in [2.75, 3.05) is 29.6 Å². The smallest absolute Gasteiger partial charge is 0.255 e. The van der Waals surface area contributed by atoms with E-state index in [0.717, 1.165) is 17.1 Å². The van der Waals surface area contributed by atoms with E-state index in [4.69, 9.17) is 4.74 Å². The Bertz CT molecular complexity index is 924. The van der Waals surface area contributed by atoms with Crippen LogP contribution in [0.5, 0.6) is 5.75 Å². The van der Waals surface area contributed by atoms with Crippen molar-refractivity contribution >= 4 is 28.9 Å². The molecule has 0 saturated carbocycles. The molecule has 0 fully saturated rings. The molecule has 142 valence electrons. The van der Waals surface area contributed by atoms with Gasteiger partial charge < -0.3 is 20.7 Å². The fraction of sp³-hybridized carbons (Fsp3) is 0.0909. The van der Waals surface area contributed by atoms with Crippen LogP contribution in [0, 0.1) is 0 Å². The zero-order chi connectivity index (χ0) is 19.8. The van der Waals surface area contributed by atoms with Crippen molar-refractivity contribution in [3.05, 3.63) is 84.4 Å². The third-order valence-electron chi connectivity index (χ3n) is 4.01. The molecule has 3 rings (SSSR count). The first-order chi connectivity index (χ1) is 13.6. The van der Waals surface area contributed by atoms with Gasteiger partial charge in [-0.15, -0.1) is 0 Å². The molecule has 2 amide bonds. The quantitative estimate of drug-likeness (QED) is 0.583. The number of methoxy groups -OCH3 is 1. The number of ether oxygens (including phenoxy) is 1. The number of para-hydroxylation sites is 1. The molecule has 0 saturated heterocycles. The van der Waals surface area contributed by atoms with Crippen LogP contribution in [0.4, 0.5) is 17.1 Å². The van der Waals surface area contributed by atoms with Crippen LogP contribution in [-0.2, 0) is 4.79 Å². The summed E-state index contributed by atoms with van der Waals surface area (Å²) in [4.78, 5) is 24.3. The van der Waals surface area contributed by atoms with E-state index in [1.807, 2.05) is 30.3 Å². The van der Waals surface area contributed by atoms with E-state index in [1.165, 1.54) is 0 Å². The van der Waals surface area contributed by atoms with Crippen LogP contribution in [0.1, 0.15) is 10.4 Å². The summed E-state index contributed by atoms with van der Waals surface area (Å²) in [6, 6.07) is 23.3. The van der Waals surface area contributed by atoms with Gasteiger partial charge in [-0.1, -0.05) is 18.2 Å². The minimum Gasteiger partial charge on any atom is -0.497 e. The van der Waals surface area contributed by atoms with Crippen LogP contribution >= 0.6 is 0 Å². The predicted octanol–water partition coefficient (Wildman–Crippen LogP) is 4.00. The largest absolute Gasteiger partial charge is 0.497 e. The standard InChI is InChI=1S/C22H21N3O3/c1-28-20-13-11-19(12-14-20)25-22(27)16-7-9-17(10-8-16)23-15-21(26)24-18-5-3-2-4-6-18/h2-14,23H,15H2,1H3,(H,24,26)(H,25,27). The highest BCUT2D eigenvalue weighted by Crippen LogP contribution is 2.17. The van der Waals surface area contributed by atoms with Gasteiger partial charge in [0.1, 0.15) is 5.75 Å². The summed E-state index contributed by atoms with van der Waals surface area (Å²) in [7, 11) is 1.59. The van der Waals surface area contributed by atoms with Crippen molar-refractivity contribution in [1.82, 2.24) is 0 Å². The van der Waals surface area contributed by atoms with Gasteiger partial charge in [-0.2, -0.15) is 0 Å². The second-order valence-electron chi connectivity index (χ2n) is 6.03. The van der Waals surface area contributed by atoms with E-state index in [-0.39, 0.29) is 18.4 Å². The average molecular weight is 375 g/mol. The third-order valence-corrected chi connectivity index (χ3v) is 4.01. The molecule has 0 atom stereocenters. The maximum absolute atomic E-state index is 12.3. The number of rotatable bonds is 7. The van der Waals surface area contributed by atoms with Crippen molar-refractivity contribution < 1.29 is 14.3 Å². The molecular weight excluding hydrogens is 354 g/mol. The minimum atomic E-state index is -0.210. The predicted molar refractivity (Wildman–Crippen MR) is 111 cm³/mol. The van der Waals surface area contributed by atoms with Gasteiger partial charge in [-0.05, 0) is 60.7 Å². The van der Waals surface area contributed by atoms with Crippen molar-refractivity contribution in [1.29, 1.82) is 0 Å². The van der Waals surface area contributed by atoms with Crippen molar-refractivity contribution in [2.45, 2.75) is 0 Å². The third kappa shape index (κ3) is 5.35. The van der Waals surface area contributed by atoms with Gasteiger partial charge in [0.25, 0.3) is 5.91 Å². The van der Waals surface area contributed by atoms with Crippen molar-refractivity contribution in [3.8, 4) is 5.75 Å². The molecule has 0 unspecified atom stereocenters. The van der Waals surface area contributed by atoms with Gasteiger partial charge in [0.15, 0.2) is 0 Å². The molecule has 3 aromatic rings. The second kappa shape index (κ2) is 9.23. The van der Waals surface area contributed by atoms with Crippen LogP contribution in [0.2, 0.25) is 0 Å². The van der Waals surface area contributed by atoms with Gasteiger partial charge in [0.05, 0.1) is 13.7 Å². The van der Waals surface area contributed by atoms with E-state index in [2.05, 4.69) is 16.0 Å². The Morgan fingerprint density at radius 3 is 2.00 bits per heavy atom. The van der Waals surface area contributed by atoms with E-state index >= 15 is 0 Å². The molecule has 0 aliphatic heterocycles. The van der Waals surface area contributed by atoms with Gasteiger partial charge in [-0.3, -0.25) is 9.59 Å². The zero-order valence-electron chi connectivity index (χ0n) is 15.4. The van der Waals surface area contributed by atoms with E-state index < -0.39 is 0 Å². The van der Waals surface area contributed by atoms with Gasteiger partial charge in [0, 0.05) is 22.6 Å². The highest BCUT2D eigenvalue weighted by atomic mass is 16.5. The first kappa shape index (κ1) is 19.0. The van der Waals surface area contributed by atoms with Gasteiger partial charge in [0.2, 0.25) is 5.91 Å². The molecule has 28 heavy (non-hydrogen) atoms. The van der Waals surface area contributed by atoms with Crippen molar-refractivity contribution in [3.63, 3.8) is 0 Å². The monoisotopic (exact) mass is 375 g/mol. The summed E-state index contributed by atoms with van der Waals surface area (Å²) in [6.07, 6.45) is 0. The SMILES string of the molecule is COc1ccc(NC(=O)c2ccc(NCC(=O)Nc3ccccc3)cc2)cc1. The molecular formula is C22H21N3O3. The average Bonchev–Trinajstić information content (AvgIpc) is 2.74. The molecule has 0 radical (unpaired) electrons. The lowest BCUT2D eigenvalue weighted by Crippen LogP contribution is -2.21. The highest BCUT2D eigenvalue weighted by Gasteiger charge is 2.07. The zero-order valence-corrected chi connectivity index (χ0v) is 15.4. The summed E-state index contributed by atoms with van der Waals surface area (Å²) in [5.41, 5.74) is 2.71. The molecule has 0 bridgehead atoms. The molecule has 3 aromatic carbocycles. The van der Waals surface area contributed by atoms with Crippen LogP contribution in [0.25, 0.3) is 0 Å². The second-order valence-corrected chi connectivity index (χ2v) is 6.03. The van der Waals surface area contributed by atoms with E-state index in [1.54, 1.807) is 55.6 Å².